The molecule has 1 aliphatic carbocycles. The predicted octanol–water partition coefficient (Wildman–Crippen LogP) is 2.48. The van der Waals surface area contributed by atoms with Crippen molar-refractivity contribution in [3.05, 3.63) is 51.7 Å². The molecule has 1 saturated carbocycles. The smallest absolute Gasteiger partial charge is 0.279 e. The number of fused-ring (bicyclic) bond motifs is 1. The predicted molar refractivity (Wildman–Crippen MR) is 99.3 cm³/mol. The first kappa shape index (κ1) is 16.5. The van der Waals surface area contributed by atoms with Gasteiger partial charge in [0.2, 0.25) is 0 Å². The summed E-state index contributed by atoms with van der Waals surface area (Å²) in [6, 6.07) is 9.91. The fourth-order valence-corrected chi connectivity index (χ4v) is 4.85. The minimum absolute atomic E-state index is 0.0107. The van der Waals surface area contributed by atoms with Gasteiger partial charge in [-0.1, -0.05) is 12.1 Å². The highest BCUT2D eigenvalue weighted by atomic mass is 32.1. The fraction of sp³-hybridized carbons (Fsp3) is 0.400. The molecule has 2 aromatic rings. The Labute approximate surface area is 151 Å². The summed E-state index contributed by atoms with van der Waals surface area (Å²) in [5.74, 6) is 0.772. The van der Waals surface area contributed by atoms with Gasteiger partial charge in [-0.2, -0.15) is 0 Å². The second-order valence-corrected chi connectivity index (χ2v) is 8.14. The standard InChI is InChI=1S/C20H22N2O2S/c1-13(23)15-3-2-4-16(11-15)21-19(24)12-22-9-7-18-17(8-10-25-18)20(22)14-5-6-14/h2-4,8,10-11,14,20H,5-7,9,12H2,1H3,(H,21,24)/p+1/t20-/m1/s1. The Morgan fingerprint density at radius 3 is 2.88 bits per heavy atom. The van der Waals surface area contributed by atoms with E-state index in [1.54, 1.807) is 12.1 Å². The Morgan fingerprint density at radius 1 is 1.28 bits per heavy atom. The minimum atomic E-state index is 0.0107. The second-order valence-electron chi connectivity index (χ2n) is 7.13. The molecule has 25 heavy (non-hydrogen) atoms. The summed E-state index contributed by atoms with van der Waals surface area (Å²) in [7, 11) is 0. The molecule has 2 heterocycles. The van der Waals surface area contributed by atoms with Crippen LogP contribution in [0.25, 0.3) is 0 Å². The first-order chi connectivity index (χ1) is 12.1. The van der Waals surface area contributed by atoms with Gasteiger partial charge < -0.3 is 10.2 Å². The fourth-order valence-electron chi connectivity index (χ4n) is 3.92. The van der Waals surface area contributed by atoms with Gasteiger partial charge in [0.05, 0.1) is 6.54 Å². The normalized spacial score (nSPS) is 22.3. The number of benzene rings is 1. The number of quaternary nitrogens is 1. The van der Waals surface area contributed by atoms with Crippen LogP contribution in [0.5, 0.6) is 0 Å². The average molecular weight is 355 g/mol. The van der Waals surface area contributed by atoms with E-state index < -0.39 is 0 Å². The zero-order valence-electron chi connectivity index (χ0n) is 14.4. The van der Waals surface area contributed by atoms with Crippen molar-refractivity contribution in [2.75, 3.05) is 18.4 Å². The van der Waals surface area contributed by atoms with Crippen LogP contribution in [0.3, 0.4) is 0 Å². The third-order valence-corrected chi connectivity index (χ3v) is 6.26. The second kappa shape index (κ2) is 6.73. The number of carbonyl (C=O) groups excluding carboxylic acids is 2. The molecule has 4 nitrogen and oxygen atoms in total. The molecule has 5 heteroatoms. The Balaban J connectivity index is 1.45. The van der Waals surface area contributed by atoms with E-state index in [-0.39, 0.29) is 11.7 Å². The molecule has 1 amide bonds. The molecule has 0 saturated heterocycles. The maximum absolute atomic E-state index is 12.6. The zero-order chi connectivity index (χ0) is 17.4. The monoisotopic (exact) mass is 355 g/mol. The summed E-state index contributed by atoms with van der Waals surface area (Å²) in [6.07, 6.45) is 3.64. The Morgan fingerprint density at radius 2 is 2.12 bits per heavy atom. The van der Waals surface area contributed by atoms with Gasteiger partial charge >= 0.3 is 0 Å². The summed E-state index contributed by atoms with van der Waals surface area (Å²) in [5.41, 5.74) is 2.80. The molecule has 0 bridgehead atoms. The van der Waals surface area contributed by atoms with Crippen molar-refractivity contribution in [2.24, 2.45) is 5.92 Å². The van der Waals surface area contributed by atoms with Crippen molar-refractivity contribution < 1.29 is 14.5 Å². The van der Waals surface area contributed by atoms with Gasteiger partial charge in [-0.25, -0.2) is 0 Å². The van der Waals surface area contributed by atoms with Crippen LogP contribution in [0.15, 0.2) is 35.7 Å². The third kappa shape index (κ3) is 3.53. The maximum atomic E-state index is 12.6. The summed E-state index contributed by atoms with van der Waals surface area (Å²) >= 11 is 1.86. The molecule has 2 N–H and O–H groups in total. The summed E-state index contributed by atoms with van der Waals surface area (Å²) < 4.78 is 0. The number of hydrogen-bond acceptors (Lipinski definition) is 3. The lowest BCUT2D eigenvalue weighted by molar-refractivity contribution is -0.928. The van der Waals surface area contributed by atoms with Gasteiger partial charge in [-0.05, 0) is 43.3 Å². The Hall–Kier alpha value is -1.98. The molecule has 1 unspecified atom stereocenters. The lowest BCUT2D eigenvalue weighted by Crippen LogP contribution is -3.14. The molecule has 1 aromatic heterocycles. The molecular weight excluding hydrogens is 332 g/mol. The third-order valence-electron chi connectivity index (χ3n) is 5.26. The van der Waals surface area contributed by atoms with E-state index in [0.717, 1.165) is 18.9 Å². The van der Waals surface area contributed by atoms with E-state index in [1.165, 1.54) is 35.1 Å². The summed E-state index contributed by atoms with van der Waals surface area (Å²) in [6.45, 7) is 3.05. The number of Topliss-reactive ketones (excluding diaryl/α,β-unsaturated/α-hetero) is 1. The minimum Gasteiger partial charge on any atom is -0.321 e. The number of carbonyl (C=O) groups is 2. The molecule has 0 spiro atoms. The highest BCUT2D eigenvalue weighted by molar-refractivity contribution is 7.10. The first-order valence-electron chi connectivity index (χ1n) is 8.93. The number of rotatable bonds is 5. The van der Waals surface area contributed by atoms with E-state index in [0.29, 0.717) is 23.8 Å². The van der Waals surface area contributed by atoms with Gasteiger partial charge in [0.15, 0.2) is 12.3 Å². The number of hydrogen-bond donors (Lipinski definition) is 2. The van der Waals surface area contributed by atoms with E-state index in [9.17, 15) is 9.59 Å². The highest BCUT2D eigenvalue weighted by Gasteiger charge is 2.43. The van der Waals surface area contributed by atoms with Crippen molar-refractivity contribution in [3.63, 3.8) is 0 Å². The van der Waals surface area contributed by atoms with Crippen LogP contribution in [-0.2, 0) is 11.2 Å². The van der Waals surface area contributed by atoms with E-state index in [4.69, 9.17) is 0 Å². The van der Waals surface area contributed by atoms with Gasteiger partial charge in [0, 0.05) is 34.0 Å². The largest absolute Gasteiger partial charge is 0.321 e. The number of ketones is 1. The van der Waals surface area contributed by atoms with Crippen molar-refractivity contribution in [1.82, 2.24) is 0 Å². The van der Waals surface area contributed by atoms with E-state index in [2.05, 4.69) is 16.8 Å². The highest BCUT2D eigenvalue weighted by Crippen LogP contribution is 2.42. The Bertz CT molecular complexity index is 810. The molecule has 0 radical (unpaired) electrons. The van der Waals surface area contributed by atoms with Crippen LogP contribution in [0.2, 0.25) is 0 Å². The summed E-state index contributed by atoms with van der Waals surface area (Å²) in [5, 5.41) is 5.16. The lowest BCUT2D eigenvalue weighted by Gasteiger charge is -2.32. The van der Waals surface area contributed by atoms with Gasteiger partial charge in [0.25, 0.3) is 5.91 Å². The maximum Gasteiger partial charge on any atom is 0.279 e. The number of thiophene rings is 1. The number of amides is 1. The molecule has 2 atom stereocenters. The summed E-state index contributed by atoms with van der Waals surface area (Å²) in [4.78, 5) is 27.0. The van der Waals surface area contributed by atoms with Gasteiger partial charge in [-0.15, -0.1) is 11.3 Å². The average Bonchev–Trinajstić information content (AvgIpc) is 3.31. The molecule has 1 aromatic carbocycles. The molecular formula is C20H23N2O2S+. The van der Waals surface area contributed by atoms with Crippen LogP contribution in [0.1, 0.15) is 46.6 Å². The van der Waals surface area contributed by atoms with Crippen LogP contribution in [0.4, 0.5) is 5.69 Å². The van der Waals surface area contributed by atoms with Crippen molar-refractivity contribution in [2.45, 2.75) is 32.2 Å². The number of nitrogens with one attached hydrogen (secondary N) is 2. The molecule has 4 rings (SSSR count). The van der Waals surface area contributed by atoms with E-state index in [1.807, 2.05) is 23.5 Å². The molecule has 130 valence electrons. The van der Waals surface area contributed by atoms with Crippen LogP contribution >= 0.6 is 11.3 Å². The van der Waals surface area contributed by atoms with Crippen molar-refractivity contribution in [1.29, 1.82) is 0 Å². The van der Waals surface area contributed by atoms with E-state index >= 15 is 0 Å². The van der Waals surface area contributed by atoms with Crippen LogP contribution in [0, 0.1) is 5.92 Å². The quantitative estimate of drug-likeness (QED) is 0.810. The van der Waals surface area contributed by atoms with Gasteiger partial charge in [-0.3, -0.25) is 9.59 Å². The first-order valence-corrected chi connectivity index (χ1v) is 9.81. The molecule has 2 aliphatic rings. The topological polar surface area (TPSA) is 50.6 Å². The van der Waals surface area contributed by atoms with Crippen LogP contribution in [-0.4, -0.2) is 24.8 Å². The van der Waals surface area contributed by atoms with Gasteiger partial charge in [0.1, 0.15) is 6.04 Å². The van der Waals surface area contributed by atoms with Crippen LogP contribution < -0.4 is 10.2 Å². The molecule has 1 aliphatic heterocycles. The molecule has 1 fully saturated rings. The lowest BCUT2D eigenvalue weighted by atomic mass is 9.96. The number of anilines is 1. The van der Waals surface area contributed by atoms with Crippen molar-refractivity contribution in [3.8, 4) is 0 Å². The zero-order valence-corrected chi connectivity index (χ0v) is 15.2. The van der Waals surface area contributed by atoms with Crippen molar-refractivity contribution >= 4 is 28.7 Å². The Kier molecular flexibility index (Phi) is 4.44. The SMILES string of the molecule is CC(=O)c1cccc(NC(=O)C[NH+]2CCc3sccc3[C@H]2C2CC2)c1.